The van der Waals surface area contributed by atoms with Crippen molar-refractivity contribution in [1.82, 2.24) is 0 Å². The molecule has 0 aromatic heterocycles. The molecule has 0 spiro atoms. The molecule has 62 valence electrons. The first-order chi connectivity index (χ1) is 4.33. The number of hydrogen-bond acceptors (Lipinski definition) is 2. The maximum atomic E-state index is 11.6. The predicted octanol–water partition coefficient (Wildman–Crippen LogP) is 1.46. The van der Waals surface area contributed by atoms with Crippen LogP contribution in [0.4, 0.5) is 8.78 Å². The van der Waals surface area contributed by atoms with E-state index in [-0.39, 0.29) is 0 Å². The van der Waals surface area contributed by atoms with E-state index in [2.05, 4.69) is 0 Å². The molecule has 1 unspecified atom stereocenters. The number of halogens is 3. The van der Waals surface area contributed by atoms with Gasteiger partial charge in [-0.2, -0.15) is 0 Å². The molecule has 0 saturated heterocycles. The van der Waals surface area contributed by atoms with Crippen LogP contribution in [0.1, 0.15) is 6.92 Å². The van der Waals surface area contributed by atoms with Crippen LogP contribution in [0.3, 0.4) is 0 Å². The maximum Gasteiger partial charge on any atom is 0.242 e. The van der Waals surface area contributed by atoms with E-state index in [0.29, 0.717) is 0 Å². The highest BCUT2D eigenvalue weighted by atomic mass is 35.7. The molecule has 10 heavy (non-hydrogen) atoms. The third-order valence-electron chi connectivity index (χ3n) is 0.892. The molecule has 0 aliphatic carbocycles. The van der Waals surface area contributed by atoms with Crippen LogP contribution < -0.4 is 0 Å². The molecule has 0 radical (unpaired) electrons. The fourth-order valence-electron chi connectivity index (χ4n) is 0.387. The summed E-state index contributed by atoms with van der Waals surface area (Å²) in [5.74, 6) is -1.87. The van der Waals surface area contributed by atoms with E-state index < -0.39 is 27.1 Å². The van der Waals surface area contributed by atoms with Gasteiger partial charge < -0.3 is 0 Å². The Morgan fingerprint density at radius 2 is 1.90 bits per heavy atom. The van der Waals surface area contributed by atoms with Crippen LogP contribution in [0, 0.1) is 5.92 Å². The first kappa shape index (κ1) is 10.1. The van der Waals surface area contributed by atoms with Gasteiger partial charge in [0, 0.05) is 16.6 Å². The lowest BCUT2D eigenvalue weighted by Crippen LogP contribution is -2.15. The Labute approximate surface area is 62.6 Å². The van der Waals surface area contributed by atoms with Crippen LogP contribution in [0.2, 0.25) is 0 Å². The Morgan fingerprint density at radius 1 is 1.50 bits per heavy atom. The second-order valence-corrected chi connectivity index (χ2v) is 4.84. The van der Waals surface area contributed by atoms with Gasteiger partial charge in [0.15, 0.2) is 0 Å². The van der Waals surface area contributed by atoms with Crippen molar-refractivity contribution in [3.8, 4) is 0 Å². The fraction of sp³-hybridized carbons (Fsp3) is 1.00. The Morgan fingerprint density at radius 3 is 2.00 bits per heavy atom. The third-order valence-corrected chi connectivity index (χ3v) is 2.19. The Bertz CT molecular complexity index is 189. The molecule has 0 aliphatic rings. The van der Waals surface area contributed by atoms with Gasteiger partial charge in [0.1, 0.15) is 0 Å². The van der Waals surface area contributed by atoms with E-state index in [1.54, 1.807) is 0 Å². The predicted molar refractivity (Wildman–Crippen MR) is 34.8 cm³/mol. The second-order valence-electron chi connectivity index (χ2n) is 2.02. The van der Waals surface area contributed by atoms with Crippen molar-refractivity contribution in [2.75, 3.05) is 5.75 Å². The molecule has 0 heterocycles. The number of rotatable bonds is 3. The summed E-state index contributed by atoms with van der Waals surface area (Å²) in [7, 11) is 0.935. The number of hydrogen-bond donors (Lipinski definition) is 0. The normalized spacial score (nSPS) is 15.7. The maximum absolute atomic E-state index is 11.6. The molecule has 0 saturated carbocycles. The Balaban J connectivity index is 3.93. The summed E-state index contributed by atoms with van der Waals surface area (Å²) in [6.45, 7) is 1.13. The van der Waals surface area contributed by atoms with E-state index in [1.165, 1.54) is 0 Å². The zero-order chi connectivity index (χ0) is 8.36. The molecular formula is C4H7ClF2O2S. The van der Waals surface area contributed by atoms with Gasteiger partial charge in [-0.25, -0.2) is 17.2 Å². The Hall–Kier alpha value is 0.1000. The average molecular weight is 193 g/mol. The van der Waals surface area contributed by atoms with Gasteiger partial charge in [0.05, 0.1) is 5.75 Å². The van der Waals surface area contributed by atoms with Crippen LogP contribution in [0.15, 0.2) is 0 Å². The standard InChI is InChI=1S/C4H7ClF2O2S/c1-3(4(6)7)2-10(5,8)9/h3-4H,2H2,1H3. The van der Waals surface area contributed by atoms with Crippen molar-refractivity contribution in [2.45, 2.75) is 13.3 Å². The molecule has 0 aromatic carbocycles. The zero-order valence-corrected chi connectivity index (χ0v) is 6.79. The summed E-state index contributed by atoms with van der Waals surface area (Å²) in [6.07, 6.45) is -2.63. The quantitative estimate of drug-likeness (QED) is 0.635. The summed E-state index contributed by atoms with van der Waals surface area (Å²) >= 11 is 0. The van der Waals surface area contributed by atoms with Crippen LogP contribution in [-0.2, 0) is 9.05 Å². The van der Waals surface area contributed by atoms with Gasteiger partial charge in [0.25, 0.3) is 0 Å². The lowest BCUT2D eigenvalue weighted by atomic mass is 10.2. The van der Waals surface area contributed by atoms with E-state index in [0.717, 1.165) is 6.92 Å². The molecule has 0 rings (SSSR count). The first-order valence-electron chi connectivity index (χ1n) is 2.53. The molecule has 0 fully saturated rings. The second kappa shape index (κ2) is 3.48. The van der Waals surface area contributed by atoms with Crippen molar-refractivity contribution in [2.24, 2.45) is 5.92 Å². The monoisotopic (exact) mass is 192 g/mol. The summed E-state index contributed by atoms with van der Waals surface area (Å²) in [4.78, 5) is 0. The molecule has 6 heteroatoms. The molecular weight excluding hydrogens is 186 g/mol. The molecule has 0 amide bonds. The molecule has 0 aromatic rings. The van der Waals surface area contributed by atoms with Crippen LogP contribution in [0.5, 0.6) is 0 Å². The van der Waals surface area contributed by atoms with E-state index >= 15 is 0 Å². The van der Waals surface area contributed by atoms with Gasteiger partial charge in [-0.15, -0.1) is 0 Å². The van der Waals surface area contributed by atoms with Gasteiger partial charge in [-0.1, -0.05) is 6.92 Å². The van der Waals surface area contributed by atoms with Crippen molar-refractivity contribution >= 4 is 19.7 Å². The minimum atomic E-state index is -3.78. The molecule has 0 N–H and O–H groups in total. The highest BCUT2D eigenvalue weighted by molar-refractivity contribution is 8.13. The van der Waals surface area contributed by atoms with Crippen molar-refractivity contribution in [3.63, 3.8) is 0 Å². The van der Waals surface area contributed by atoms with Crippen LogP contribution in [0.25, 0.3) is 0 Å². The van der Waals surface area contributed by atoms with E-state index in [4.69, 9.17) is 10.7 Å². The molecule has 2 nitrogen and oxygen atoms in total. The summed E-state index contributed by atoms with van der Waals surface area (Å²) in [5, 5.41) is 0. The van der Waals surface area contributed by atoms with Crippen LogP contribution in [-0.4, -0.2) is 20.6 Å². The highest BCUT2D eigenvalue weighted by Crippen LogP contribution is 2.13. The lowest BCUT2D eigenvalue weighted by Gasteiger charge is -2.05. The van der Waals surface area contributed by atoms with Crippen molar-refractivity contribution < 1.29 is 17.2 Å². The van der Waals surface area contributed by atoms with Gasteiger partial charge >= 0.3 is 0 Å². The Kier molecular flexibility index (Phi) is 3.51. The largest absolute Gasteiger partial charge is 0.242 e. The summed E-state index contributed by atoms with van der Waals surface area (Å²) < 4.78 is 43.6. The highest BCUT2D eigenvalue weighted by Gasteiger charge is 2.20. The SMILES string of the molecule is CC(CS(=O)(=O)Cl)C(F)F. The fourth-order valence-corrected chi connectivity index (χ4v) is 1.76. The van der Waals surface area contributed by atoms with Crippen LogP contribution >= 0.6 is 10.7 Å². The number of alkyl halides is 2. The summed E-state index contributed by atoms with van der Waals surface area (Å²) in [5.41, 5.74) is 0. The van der Waals surface area contributed by atoms with Gasteiger partial charge in [0.2, 0.25) is 15.5 Å². The molecule has 1 atom stereocenters. The minimum absolute atomic E-state index is 0.674. The third kappa shape index (κ3) is 4.93. The topological polar surface area (TPSA) is 34.1 Å². The molecule has 0 bridgehead atoms. The molecule has 0 aliphatic heterocycles. The zero-order valence-electron chi connectivity index (χ0n) is 5.22. The van der Waals surface area contributed by atoms with Crippen molar-refractivity contribution in [3.05, 3.63) is 0 Å². The lowest BCUT2D eigenvalue weighted by molar-refractivity contribution is 0.0970. The van der Waals surface area contributed by atoms with Gasteiger partial charge in [-0.05, 0) is 0 Å². The summed E-state index contributed by atoms with van der Waals surface area (Å²) in [6, 6.07) is 0. The smallest absolute Gasteiger partial charge is 0.212 e. The minimum Gasteiger partial charge on any atom is -0.212 e. The average Bonchev–Trinajstić information content (AvgIpc) is 1.60. The van der Waals surface area contributed by atoms with Gasteiger partial charge in [-0.3, -0.25) is 0 Å². The van der Waals surface area contributed by atoms with E-state index in [9.17, 15) is 17.2 Å². The van der Waals surface area contributed by atoms with E-state index in [1.807, 2.05) is 0 Å². The van der Waals surface area contributed by atoms with Crippen molar-refractivity contribution in [1.29, 1.82) is 0 Å². The first-order valence-corrected chi connectivity index (χ1v) is 5.01.